The van der Waals surface area contributed by atoms with Gasteiger partial charge in [-0.05, 0) is 47.0 Å². The van der Waals surface area contributed by atoms with Gasteiger partial charge in [0.05, 0.1) is 16.9 Å². The number of carbonyl (C=O) groups excluding carboxylic acids is 1. The minimum atomic E-state index is -4.67. The molecule has 1 unspecified atom stereocenters. The van der Waals surface area contributed by atoms with E-state index < -0.39 is 23.8 Å². The van der Waals surface area contributed by atoms with Crippen molar-refractivity contribution in [2.45, 2.75) is 31.2 Å². The zero-order chi connectivity index (χ0) is 24.6. The molecular weight excluding hydrogens is 537 g/mol. The van der Waals surface area contributed by atoms with Crippen molar-refractivity contribution in [1.29, 1.82) is 0 Å². The SMILES string of the molecule is NC(=O)c1sc2nc(N3CCC(NCC(O)c4cccc(Br)n4)CC3)cc(C(F)(F)F)c2c1N. The molecule has 0 aromatic carbocycles. The van der Waals surface area contributed by atoms with Crippen LogP contribution in [0.2, 0.25) is 0 Å². The highest BCUT2D eigenvalue weighted by molar-refractivity contribution is 9.10. The molecule has 3 aromatic rings. The number of pyridine rings is 2. The molecule has 1 atom stereocenters. The van der Waals surface area contributed by atoms with Gasteiger partial charge in [0.1, 0.15) is 26.2 Å². The second-order valence-electron chi connectivity index (χ2n) is 7.99. The quantitative estimate of drug-likeness (QED) is 0.341. The van der Waals surface area contributed by atoms with Crippen molar-refractivity contribution in [3.05, 3.63) is 45.0 Å². The molecule has 182 valence electrons. The van der Waals surface area contributed by atoms with E-state index in [9.17, 15) is 23.1 Å². The van der Waals surface area contributed by atoms with E-state index in [0.717, 1.165) is 17.4 Å². The Kier molecular flexibility index (Phi) is 6.99. The van der Waals surface area contributed by atoms with E-state index in [-0.39, 0.29) is 32.6 Å². The zero-order valence-electron chi connectivity index (χ0n) is 17.8. The van der Waals surface area contributed by atoms with Crippen LogP contribution in [0.3, 0.4) is 0 Å². The maximum Gasteiger partial charge on any atom is 0.417 e. The van der Waals surface area contributed by atoms with E-state index in [0.29, 0.717) is 42.8 Å². The second-order valence-corrected chi connectivity index (χ2v) is 9.80. The van der Waals surface area contributed by atoms with Crippen molar-refractivity contribution < 1.29 is 23.1 Å². The third kappa shape index (κ3) is 5.11. The van der Waals surface area contributed by atoms with Gasteiger partial charge in [-0.2, -0.15) is 13.2 Å². The summed E-state index contributed by atoms with van der Waals surface area (Å²) >= 11 is 4.04. The Bertz CT molecular complexity index is 1210. The van der Waals surface area contributed by atoms with Crippen LogP contribution >= 0.6 is 27.3 Å². The lowest BCUT2D eigenvalue weighted by Gasteiger charge is -2.34. The van der Waals surface area contributed by atoms with Crippen molar-refractivity contribution in [2.24, 2.45) is 5.73 Å². The zero-order valence-corrected chi connectivity index (χ0v) is 20.2. The first-order valence-electron chi connectivity index (χ1n) is 10.4. The highest BCUT2D eigenvalue weighted by Gasteiger charge is 2.37. The summed E-state index contributed by atoms with van der Waals surface area (Å²) in [6.45, 7) is 1.26. The molecule has 0 aliphatic carbocycles. The third-order valence-corrected chi connectivity index (χ3v) is 7.27. The molecule has 1 fully saturated rings. The second kappa shape index (κ2) is 9.64. The number of halogens is 4. The summed E-state index contributed by atoms with van der Waals surface area (Å²) in [7, 11) is 0. The number of rotatable bonds is 6. The molecule has 0 spiro atoms. The van der Waals surface area contributed by atoms with Crippen LogP contribution in [0.1, 0.15) is 39.9 Å². The molecule has 1 saturated heterocycles. The Balaban J connectivity index is 1.47. The van der Waals surface area contributed by atoms with Crippen molar-refractivity contribution in [3.8, 4) is 0 Å². The van der Waals surface area contributed by atoms with Crippen molar-refractivity contribution in [1.82, 2.24) is 15.3 Å². The fourth-order valence-electron chi connectivity index (χ4n) is 3.98. The predicted molar refractivity (Wildman–Crippen MR) is 128 cm³/mol. The molecule has 1 aliphatic heterocycles. The maximum atomic E-state index is 13.8. The van der Waals surface area contributed by atoms with Gasteiger partial charge in [0.2, 0.25) is 0 Å². The number of primary amides is 1. The Morgan fingerprint density at radius 2 is 2.03 bits per heavy atom. The lowest BCUT2D eigenvalue weighted by atomic mass is 10.0. The average Bonchev–Trinajstić information content (AvgIpc) is 3.13. The van der Waals surface area contributed by atoms with Crippen LogP contribution in [0.15, 0.2) is 28.9 Å². The fourth-order valence-corrected chi connectivity index (χ4v) is 5.31. The molecule has 0 saturated carbocycles. The normalized spacial score (nSPS) is 16.2. The summed E-state index contributed by atoms with van der Waals surface area (Å²) in [5.74, 6) is -0.712. The molecule has 34 heavy (non-hydrogen) atoms. The van der Waals surface area contributed by atoms with Gasteiger partial charge in [0.15, 0.2) is 0 Å². The topological polar surface area (TPSA) is 130 Å². The van der Waals surface area contributed by atoms with E-state index in [4.69, 9.17) is 11.5 Å². The van der Waals surface area contributed by atoms with Crippen molar-refractivity contribution in [3.63, 3.8) is 0 Å². The molecule has 0 bridgehead atoms. The lowest BCUT2D eigenvalue weighted by molar-refractivity contribution is -0.136. The molecule has 6 N–H and O–H groups in total. The molecule has 4 heterocycles. The van der Waals surface area contributed by atoms with Gasteiger partial charge in [-0.15, -0.1) is 11.3 Å². The first-order chi connectivity index (χ1) is 16.0. The van der Waals surface area contributed by atoms with E-state index in [2.05, 4.69) is 31.2 Å². The number of nitrogen functional groups attached to an aromatic ring is 1. The summed E-state index contributed by atoms with van der Waals surface area (Å²) in [5.41, 5.74) is 10.4. The monoisotopic (exact) mass is 558 g/mol. The smallest absolute Gasteiger partial charge is 0.397 e. The molecule has 1 amide bonds. The number of amides is 1. The van der Waals surface area contributed by atoms with Gasteiger partial charge < -0.3 is 26.8 Å². The lowest BCUT2D eigenvalue weighted by Crippen LogP contribution is -2.44. The van der Waals surface area contributed by atoms with Gasteiger partial charge in [0, 0.05) is 31.1 Å². The van der Waals surface area contributed by atoms with Gasteiger partial charge in [0.25, 0.3) is 5.91 Å². The number of nitrogens with two attached hydrogens (primary N) is 2. The number of nitrogens with zero attached hydrogens (tertiary/aromatic N) is 3. The predicted octanol–water partition coefficient (Wildman–Crippen LogP) is 3.45. The van der Waals surface area contributed by atoms with Crippen LogP contribution in [-0.4, -0.2) is 46.7 Å². The Morgan fingerprint density at radius 3 is 2.65 bits per heavy atom. The van der Waals surface area contributed by atoms with E-state index in [1.165, 1.54) is 0 Å². The Labute approximate surface area is 205 Å². The number of aromatic nitrogens is 2. The van der Waals surface area contributed by atoms with Crippen LogP contribution in [-0.2, 0) is 6.18 Å². The number of carbonyl (C=O) groups is 1. The highest BCUT2D eigenvalue weighted by atomic mass is 79.9. The number of aliphatic hydroxyl groups excluding tert-OH is 1. The number of anilines is 2. The molecular formula is C21H22BrF3N6O2S. The first kappa shape index (κ1) is 24.6. The van der Waals surface area contributed by atoms with Crippen LogP contribution < -0.4 is 21.7 Å². The fraction of sp³-hybridized carbons (Fsp3) is 0.381. The Hall–Kier alpha value is -2.48. The number of thiophene rings is 1. The largest absolute Gasteiger partial charge is 0.417 e. The van der Waals surface area contributed by atoms with E-state index in [1.807, 2.05) is 0 Å². The van der Waals surface area contributed by atoms with Crippen molar-refractivity contribution >= 4 is 54.9 Å². The van der Waals surface area contributed by atoms with Gasteiger partial charge in [-0.3, -0.25) is 4.79 Å². The van der Waals surface area contributed by atoms with Crippen LogP contribution in [0, 0.1) is 0 Å². The van der Waals surface area contributed by atoms with Gasteiger partial charge >= 0.3 is 6.18 Å². The number of hydrogen-bond acceptors (Lipinski definition) is 8. The minimum absolute atomic E-state index is 0.0287. The minimum Gasteiger partial charge on any atom is -0.397 e. The summed E-state index contributed by atoms with van der Waals surface area (Å²) in [4.78, 5) is 21.9. The van der Waals surface area contributed by atoms with Crippen LogP contribution in [0.5, 0.6) is 0 Å². The molecule has 0 radical (unpaired) electrons. The molecule has 1 aliphatic rings. The molecule has 3 aromatic heterocycles. The number of alkyl halides is 3. The number of piperidine rings is 1. The standard InChI is InChI=1S/C21H22BrF3N6O2S/c22-14-3-1-2-12(29-14)13(32)9-28-10-4-6-31(7-5-10)15-8-11(21(23,24)25)16-17(26)18(19(27)33)34-20(16)30-15/h1-3,8,10,13,28,32H,4-7,9,26H2,(H2,27,33). The number of fused-ring (bicyclic) bond motifs is 1. The maximum absolute atomic E-state index is 13.8. The number of hydrogen-bond donors (Lipinski definition) is 4. The van der Waals surface area contributed by atoms with E-state index in [1.54, 1.807) is 23.1 Å². The molecule has 4 rings (SSSR count). The summed E-state index contributed by atoms with van der Waals surface area (Å²) in [6.07, 6.45) is -4.15. The van der Waals surface area contributed by atoms with Crippen LogP contribution in [0.4, 0.5) is 24.7 Å². The first-order valence-corrected chi connectivity index (χ1v) is 12.0. The number of aliphatic hydroxyl groups is 1. The van der Waals surface area contributed by atoms with Crippen LogP contribution in [0.25, 0.3) is 10.2 Å². The number of nitrogens with one attached hydrogen (secondary N) is 1. The summed E-state index contributed by atoms with van der Waals surface area (Å²) < 4.78 is 42.0. The molecule has 8 nitrogen and oxygen atoms in total. The van der Waals surface area contributed by atoms with Gasteiger partial charge in [-0.1, -0.05) is 6.07 Å². The molecule has 13 heteroatoms. The summed E-state index contributed by atoms with van der Waals surface area (Å²) in [5, 5.41) is 13.4. The third-order valence-electron chi connectivity index (χ3n) is 5.71. The highest BCUT2D eigenvalue weighted by Crippen LogP contribution is 2.43. The van der Waals surface area contributed by atoms with E-state index >= 15 is 0 Å². The van der Waals surface area contributed by atoms with Crippen molar-refractivity contribution in [2.75, 3.05) is 30.3 Å². The summed E-state index contributed by atoms with van der Waals surface area (Å²) in [6, 6.07) is 6.37. The van der Waals surface area contributed by atoms with Gasteiger partial charge in [-0.25, -0.2) is 9.97 Å². The Morgan fingerprint density at radius 1 is 1.32 bits per heavy atom. The average molecular weight is 559 g/mol.